The molecule has 0 saturated heterocycles. The van der Waals surface area contributed by atoms with E-state index in [0.29, 0.717) is 0 Å². The number of nitrogens with zero attached hydrogens (tertiary/aromatic N) is 1. The van der Waals surface area contributed by atoms with Gasteiger partial charge in [0.25, 0.3) is 0 Å². The Morgan fingerprint density at radius 3 is 2.27 bits per heavy atom. The number of carbonyl (C=O) groups is 1. The van der Waals surface area contributed by atoms with Crippen molar-refractivity contribution in [1.82, 2.24) is 4.90 Å². The van der Waals surface area contributed by atoms with Crippen molar-refractivity contribution in [2.45, 2.75) is 20.8 Å². The quantitative estimate of drug-likeness (QED) is 0.555. The van der Waals surface area contributed by atoms with E-state index in [1.165, 1.54) is 0 Å². The highest BCUT2D eigenvalue weighted by atomic mass is 16.2. The molecule has 0 fully saturated rings. The lowest BCUT2D eigenvalue weighted by molar-refractivity contribution is -0.125. The molecule has 0 aliphatic carbocycles. The molecule has 1 amide bonds. The normalized spacial score (nSPS) is 12.2. The zero-order valence-corrected chi connectivity index (χ0v) is 7.59. The maximum atomic E-state index is 10.8. The van der Waals surface area contributed by atoms with Crippen molar-refractivity contribution in [1.29, 1.82) is 0 Å². The Balaban J connectivity index is 4.22. The average molecular weight is 153 g/mol. The fourth-order valence-corrected chi connectivity index (χ4v) is 0.596. The number of carbonyl (C=O) groups excluding carboxylic acids is 1. The van der Waals surface area contributed by atoms with E-state index in [1.807, 2.05) is 32.1 Å². The minimum atomic E-state index is 0.0586. The lowest BCUT2D eigenvalue weighted by Gasteiger charge is -2.14. The Bertz CT molecular complexity index is 192. The topological polar surface area (TPSA) is 20.3 Å². The summed E-state index contributed by atoms with van der Waals surface area (Å²) in [5, 5.41) is 0. The maximum Gasteiger partial charge on any atom is 0.223 e. The molecular weight excluding hydrogens is 138 g/mol. The van der Waals surface area contributed by atoms with Gasteiger partial charge in [-0.25, -0.2) is 0 Å². The third kappa shape index (κ3) is 3.61. The molecule has 0 radical (unpaired) electrons. The SMILES string of the molecule is C/C=C\C=C(/C)N(C)C(C)=O. The van der Waals surface area contributed by atoms with E-state index >= 15 is 0 Å². The third-order valence-electron chi connectivity index (χ3n) is 1.53. The van der Waals surface area contributed by atoms with Gasteiger partial charge in [0.05, 0.1) is 0 Å². The second-order valence-electron chi connectivity index (χ2n) is 2.41. The van der Waals surface area contributed by atoms with Crippen LogP contribution in [-0.2, 0) is 4.79 Å². The van der Waals surface area contributed by atoms with Crippen LogP contribution in [0, 0.1) is 0 Å². The lowest BCUT2D eigenvalue weighted by atomic mass is 10.3. The van der Waals surface area contributed by atoms with Crippen molar-refractivity contribution in [3.05, 3.63) is 23.9 Å². The molecule has 0 spiro atoms. The van der Waals surface area contributed by atoms with Crippen LogP contribution in [0.15, 0.2) is 23.9 Å². The van der Waals surface area contributed by atoms with Crippen molar-refractivity contribution in [2.24, 2.45) is 0 Å². The molecule has 0 saturated carbocycles. The van der Waals surface area contributed by atoms with Crippen LogP contribution in [0.5, 0.6) is 0 Å². The van der Waals surface area contributed by atoms with Crippen LogP contribution in [0.25, 0.3) is 0 Å². The highest BCUT2D eigenvalue weighted by Gasteiger charge is 2.01. The minimum Gasteiger partial charge on any atom is -0.320 e. The van der Waals surface area contributed by atoms with Crippen molar-refractivity contribution in [2.75, 3.05) is 7.05 Å². The van der Waals surface area contributed by atoms with Gasteiger partial charge >= 0.3 is 0 Å². The zero-order valence-electron chi connectivity index (χ0n) is 7.59. The van der Waals surface area contributed by atoms with Gasteiger partial charge in [0, 0.05) is 19.7 Å². The van der Waals surface area contributed by atoms with Crippen LogP contribution < -0.4 is 0 Å². The smallest absolute Gasteiger partial charge is 0.223 e. The standard InChI is InChI=1S/C9H15NO/c1-5-6-7-8(2)10(4)9(3)11/h5-7H,1-4H3/b6-5-,8-7+. The molecule has 0 unspecified atom stereocenters. The Morgan fingerprint density at radius 2 is 1.91 bits per heavy atom. The highest BCUT2D eigenvalue weighted by Crippen LogP contribution is 1.99. The molecule has 0 aromatic carbocycles. The number of hydrogen-bond donors (Lipinski definition) is 0. The van der Waals surface area contributed by atoms with Gasteiger partial charge in [0.15, 0.2) is 0 Å². The number of hydrogen-bond acceptors (Lipinski definition) is 1. The highest BCUT2D eigenvalue weighted by molar-refractivity contribution is 5.74. The van der Waals surface area contributed by atoms with Crippen LogP contribution in [0.4, 0.5) is 0 Å². The van der Waals surface area contributed by atoms with Crippen LogP contribution >= 0.6 is 0 Å². The molecule has 62 valence electrons. The molecule has 11 heavy (non-hydrogen) atoms. The van der Waals surface area contributed by atoms with E-state index < -0.39 is 0 Å². The Labute approximate surface area is 68.2 Å². The molecule has 2 nitrogen and oxygen atoms in total. The second kappa shape index (κ2) is 4.72. The monoisotopic (exact) mass is 153 g/mol. The van der Waals surface area contributed by atoms with E-state index in [2.05, 4.69) is 0 Å². The molecule has 0 rings (SSSR count). The summed E-state index contributed by atoms with van der Waals surface area (Å²) in [4.78, 5) is 12.4. The Morgan fingerprint density at radius 1 is 1.36 bits per heavy atom. The zero-order chi connectivity index (χ0) is 8.85. The average Bonchev–Trinajstić information content (AvgIpc) is 1.98. The van der Waals surface area contributed by atoms with Crippen molar-refractivity contribution >= 4 is 5.91 Å². The first-order valence-electron chi connectivity index (χ1n) is 3.63. The van der Waals surface area contributed by atoms with Crippen LogP contribution in [0.1, 0.15) is 20.8 Å². The summed E-state index contributed by atoms with van der Waals surface area (Å²) in [7, 11) is 1.76. The van der Waals surface area contributed by atoms with Gasteiger partial charge in [-0.1, -0.05) is 12.2 Å². The molecular formula is C9H15NO. The predicted octanol–water partition coefficient (Wildman–Crippen LogP) is 1.94. The van der Waals surface area contributed by atoms with Crippen molar-refractivity contribution in [3.8, 4) is 0 Å². The predicted molar refractivity (Wildman–Crippen MR) is 47.0 cm³/mol. The molecule has 0 heterocycles. The van der Waals surface area contributed by atoms with E-state index in [9.17, 15) is 4.79 Å². The van der Waals surface area contributed by atoms with Crippen molar-refractivity contribution in [3.63, 3.8) is 0 Å². The Kier molecular flexibility index (Phi) is 4.27. The summed E-state index contributed by atoms with van der Waals surface area (Å²) in [6, 6.07) is 0. The molecule has 0 aromatic heterocycles. The largest absolute Gasteiger partial charge is 0.320 e. The van der Waals surface area contributed by atoms with Crippen molar-refractivity contribution < 1.29 is 4.79 Å². The van der Waals surface area contributed by atoms with E-state index in [1.54, 1.807) is 18.9 Å². The van der Waals surface area contributed by atoms with Gasteiger partial charge in [-0.15, -0.1) is 0 Å². The minimum absolute atomic E-state index is 0.0586. The molecule has 0 aliphatic rings. The summed E-state index contributed by atoms with van der Waals surface area (Å²) in [5.74, 6) is 0.0586. The van der Waals surface area contributed by atoms with Gasteiger partial charge in [0.2, 0.25) is 5.91 Å². The first-order valence-corrected chi connectivity index (χ1v) is 3.63. The summed E-state index contributed by atoms with van der Waals surface area (Å²) in [6.45, 7) is 5.39. The number of allylic oxidation sites excluding steroid dienone is 4. The molecule has 2 heteroatoms. The van der Waals surface area contributed by atoms with Gasteiger partial charge in [-0.3, -0.25) is 4.79 Å². The summed E-state index contributed by atoms with van der Waals surface area (Å²) in [6.07, 6.45) is 5.74. The van der Waals surface area contributed by atoms with E-state index in [0.717, 1.165) is 5.70 Å². The molecule has 0 aliphatic heterocycles. The fourth-order valence-electron chi connectivity index (χ4n) is 0.596. The second-order valence-corrected chi connectivity index (χ2v) is 2.41. The summed E-state index contributed by atoms with van der Waals surface area (Å²) < 4.78 is 0. The van der Waals surface area contributed by atoms with E-state index in [4.69, 9.17) is 0 Å². The maximum absolute atomic E-state index is 10.8. The molecule has 0 aromatic rings. The Hall–Kier alpha value is -1.05. The molecule has 0 N–H and O–H groups in total. The van der Waals surface area contributed by atoms with Crippen LogP contribution in [0.2, 0.25) is 0 Å². The van der Waals surface area contributed by atoms with Gasteiger partial charge in [0.1, 0.15) is 0 Å². The van der Waals surface area contributed by atoms with E-state index in [-0.39, 0.29) is 5.91 Å². The molecule has 0 bridgehead atoms. The molecule has 0 atom stereocenters. The van der Waals surface area contributed by atoms with Gasteiger partial charge in [-0.2, -0.15) is 0 Å². The number of rotatable bonds is 2. The van der Waals surface area contributed by atoms with Crippen LogP contribution in [0.3, 0.4) is 0 Å². The number of amides is 1. The first-order chi connectivity index (χ1) is 5.09. The first kappa shape index (κ1) is 9.95. The fraction of sp³-hybridized carbons (Fsp3) is 0.444. The summed E-state index contributed by atoms with van der Waals surface area (Å²) >= 11 is 0. The summed E-state index contributed by atoms with van der Waals surface area (Å²) in [5.41, 5.74) is 0.954. The lowest BCUT2D eigenvalue weighted by Crippen LogP contribution is -2.21. The van der Waals surface area contributed by atoms with Crippen LogP contribution in [-0.4, -0.2) is 17.9 Å². The van der Waals surface area contributed by atoms with Gasteiger partial charge < -0.3 is 4.90 Å². The van der Waals surface area contributed by atoms with Gasteiger partial charge in [-0.05, 0) is 19.9 Å². The third-order valence-corrected chi connectivity index (χ3v) is 1.53.